The van der Waals surface area contributed by atoms with Gasteiger partial charge in [-0.1, -0.05) is 6.92 Å². The molecule has 0 aromatic carbocycles. The summed E-state index contributed by atoms with van der Waals surface area (Å²) < 4.78 is 62.4. The van der Waals surface area contributed by atoms with E-state index in [9.17, 15) is 31.5 Å². The minimum Gasteiger partial charge on any atom is -0.327 e. The van der Waals surface area contributed by atoms with Crippen LogP contribution in [-0.2, 0) is 9.59 Å². The lowest BCUT2D eigenvalue weighted by atomic mass is 9.99. The molecule has 19 heavy (non-hydrogen) atoms. The molecule has 1 saturated heterocycles. The van der Waals surface area contributed by atoms with E-state index in [0.29, 0.717) is 0 Å². The lowest BCUT2D eigenvalue weighted by molar-refractivity contribution is -0.274. The first-order valence-corrected chi connectivity index (χ1v) is 5.91. The first kappa shape index (κ1) is 16.1. The minimum absolute atomic E-state index is 0.174. The molecule has 1 heterocycles. The van der Waals surface area contributed by atoms with Crippen LogP contribution in [0.5, 0.6) is 0 Å². The van der Waals surface area contributed by atoms with Crippen molar-refractivity contribution in [3.8, 4) is 0 Å². The standard InChI is InChI=1S/C10H11ClF5NO2/c1-5-2-3-17(7(5)6(18)4-11)8(19)9(12,13)10(14,15)16/h5,7H,2-4H2,1H3. The molecule has 9 heteroatoms. The van der Waals surface area contributed by atoms with Crippen LogP contribution in [-0.4, -0.2) is 47.2 Å². The molecule has 1 amide bonds. The average Bonchev–Trinajstić information content (AvgIpc) is 2.67. The smallest absolute Gasteiger partial charge is 0.327 e. The fraction of sp³-hybridized carbons (Fsp3) is 0.800. The van der Waals surface area contributed by atoms with Gasteiger partial charge in [-0.15, -0.1) is 11.6 Å². The second-order valence-electron chi connectivity index (χ2n) is 4.38. The molecule has 3 nitrogen and oxygen atoms in total. The third-order valence-corrected chi connectivity index (χ3v) is 3.31. The van der Waals surface area contributed by atoms with Crippen molar-refractivity contribution in [2.75, 3.05) is 12.4 Å². The number of amides is 1. The van der Waals surface area contributed by atoms with Crippen LogP contribution < -0.4 is 0 Å². The van der Waals surface area contributed by atoms with Gasteiger partial charge in [-0.05, 0) is 12.3 Å². The van der Waals surface area contributed by atoms with E-state index in [-0.39, 0.29) is 17.9 Å². The maximum absolute atomic E-state index is 13.0. The molecule has 0 spiro atoms. The zero-order valence-corrected chi connectivity index (χ0v) is 10.6. The van der Waals surface area contributed by atoms with Crippen molar-refractivity contribution in [2.24, 2.45) is 5.92 Å². The molecule has 0 bridgehead atoms. The highest BCUT2D eigenvalue weighted by atomic mass is 35.5. The van der Waals surface area contributed by atoms with Crippen LogP contribution in [0.2, 0.25) is 0 Å². The van der Waals surface area contributed by atoms with Gasteiger partial charge in [0.15, 0.2) is 5.78 Å². The molecule has 0 saturated carbocycles. The summed E-state index contributed by atoms with van der Waals surface area (Å²) in [5, 5.41) is 0. The number of likely N-dealkylation sites (tertiary alicyclic amines) is 1. The van der Waals surface area contributed by atoms with Crippen LogP contribution in [0.25, 0.3) is 0 Å². The number of Topliss-reactive ketones (excluding diaryl/α,β-unsaturated/α-hetero) is 1. The first-order valence-electron chi connectivity index (χ1n) is 5.38. The highest BCUT2D eigenvalue weighted by Gasteiger charge is 2.66. The lowest BCUT2D eigenvalue weighted by Gasteiger charge is -2.29. The van der Waals surface area contributed by atoms with E-state index in [1.54, 1.807) is 0 Å². The van der Waals surface area contributed by atoms with Gasteiger partial charge in [0.2, 0.25) is 0 Å². The Morgan fingerprint density at radius 2 is 1.79 bits per heavy atom. The van der Waals surface area contributed by atoms with E-state index in [1.807, 2.05) is 0 Å². The Morgan fingerprint density at radius 3 is 2.21 bits per heavy atom. The molecule has 2 atom stereocenters. The summed E-state index contributed by atoms with van der Waals surface area (Å²) in [4.78, 5) is 23.1. The molecule has 1 aliphatic heterocycles. The monoisotopic (exact) mass is 307 g/mol. The van der Waals surface area contributed by atoms with E-state index in [4.69, 9.17) is 11.6 Å². The summed E-state index contributed by atoms with van der Waals surface area (Å²) in [6.07, 6.45) is -5.81. The van der Waals surface area contributed by atoms with Crippen LogP contribution in [0.4, 0.5) is 22.0 Å². The molecule has 0 aliphatic carbocycles. The minimum atomic E-state index is -5.98. The Kier molecular flexibility index (Phi) is 4.44. The van der Waals surface area contributed by atoms with Crippen molar-refractivity contribution in [3.05, 3.63) is 0 Å². The van der Waals surface area contributed by atoms with Crippen molar-refractivity contribution < 1.29 is 31.5 Å². The van der Waals surface area contributed by atoms with E-state index < -0.39 is 41.6 Å². The molecule has 0 N–H and O–H groups in total. The topological polar surface area (TPSA) is 37.4 Å². The Labute approximate surface area is 110 Å². The van der Waals surface area contributed by atoms with E-state index in [1.165, 1.54) is 6.92 Å². The van der Waals surface area contributed by atoms with Crippen LogP contribution >= 0.6 is 11.6 Å². The summed E-state index contributed by atoms with van der Waals surface area (Å²) >= 11 is 5.27. The van der Waals surface area contributed by atoms with Crippen LogP contribution in [0.15, 0.2) is 0 Å². The van der Waals surface area contributed by atoms with Crippen molar-refractivity contribution in [1.82, 2.24) is 4.90 Å². The molecular formula is C10H11ClF5NO2. The maximum atomic E-state index is 13.0. The van der Waals surface area contributed by atoms with Gasteiger partial charge in [-0.2, -0.15) is 22.0 Å². The van der Waals surface area contributed by atoms with Gasteiger partial charge in [-0.3, -0.25) is 9.59 Å². The van der Waals surface area contributed by atoms with E-state index in [0.717, 1.165) is 0 Å². The number of halogens is 6. The normalized spacial score (nSPS) is 24.7. The van der Waals surface area contributed by atoms with Gasteiger partial charge in [0.05, 0.1) is 11.9 Å². The summed E-state index contributed by atoms with van der Waals surface area (Å²) in [5.74, 6) is -9.68. The molecule has 0 aromatic heterocycles. The molecule has 1 fully saturated rings. The average molecular weight is 308 g/mol. The van der Waals surface area contributed by atoms with E-state index >= 15 is 0 Å². The molecule has 2 unspecified atom stereocenters. The Balaban J connectivity index is 3.02. The predicted octanol–water partition coefficient (Wildman–Crippen LogP) is 2.23. The molecular weight excluding hydrogens is 297 g/mol. The molecule has 0 radical (unpaired) electrons. The van der Waals surface area contributed by atoms with Crippen LogP contribution in [0.1, 0.15) is 13.3 Å². The van der Waals surface area contributed by atoms with Crippen molar-refractivity contribution >= 4 is 23.3 Å². The van der Waals surface area contributed by atoms with Gasteiger partial charge in [0, 0.05) is 6.54 Å². The van der Waals surface area contributed by atoms with Crippen LogP contribution in [0, 0.1) is 5.92 Å². The first-order chi connectivity index (χ1) is 8.54. The highest BCUT2D eigenvalue weighted by molar-refractivity contribution is 6.28. The SMILES string of the molecule is CC1CCN(C(=O)C(F)(F)C(F)(F)F)C1C(=O)CCl. The predicted molar refractivity (Wildman–Crippen MR) is 56.0 cm³/mol. The number of rotatable bonds is 3. The van der Waals surface area contributed by atoms with Gasteiger partial charge in [-0.25, -0.2) is 0 Å². The fourth-order valence-electron chi connectivity index (χ4n) is 2.05. The number of alkyl halides is 6. The van der Waals surface area contributed by atoms with Gasteiger partial charge < -0.3 is 4.90 Å². The number of hydrogen-bond acceptors (Lipinski definition) is 2. The zero-order valence-electron chi connectivity index (χ0n) is 9.81. The van der Waals surface area contributed by atoms with Crippen molar-refractivity contribution in [1.29, 1.82) is 0 Å². The maximum Gasteiger partial charge on any atom is 0.463 e. The van der Waals surface area contributed by atoms with Gasteiger partial charge in [0.1, 0.15) is 0 Å². The number of carbonyl (C=O) groups excluding carboxylic acids is 2. The number of carbonyl (C=O) groups is 2. The molecule has 1 aliphatic rings. The molecule has 0 aromatic rings. The highest BCUT2D eigenvalue weighted by Crippen LogP contribution is 2.39. The second-order valence-corrected chi connectivity index (χ2v) is 4.65. The largest absolute Gasteiger partial charge is 0.463 e. The van der Waals surface area contributed by atoms with Gasteiger partial charge in [0.25, 0.3) is 0 Å². The van der Waals surface area contributed by atoms with Crippen molar-refractivity contribution in [2.45, 2.75) is 31.5 Å². The summed E-state index contributed by atoms with van der Waals surface area (Å²) in [7, 11) is 0. The summed E-state index contributed by atoms with van der Waals surface area (Å²) in [5.41, 5.74) is 0. The van der Waals surface area contributed by atoms with Crippen molar-refractivity contribution in [3.63, 3.8) is 0 Å². The van der Waals surface area contributed by atoms with Crippen LogP contribution in [0.3, 0.4) is 0 Å². The lowest BCUT2D eigenvalue weighted by Crippen LogP contribution is -2.55. The molecule has 110 valence electrons. The Morgan fingerprint density at radius 1 is 1.26 bits per heavy atom. The number of nitrogens with zero attached hydrogens (tertiary/aromatic N) is 1. The number of hydrogen-bond donors (Lipinski definition) is 0. The second kappa shape index (κ2) is 5.22. The summed E-state index contributed by atoms with van der Waals surface area (Å²) in [6.45, 7) is 1.17. The molecule has 1 rings (SSSR count). The zero-order chi connectivity index (χ0) is 15.0. The third-order valence-electron chi connectivity index (χ3n) is 3.05. The Hall–Kier alpha value is -0.920. The summed E-state index contributed by atoms with van der Waals surface area (Å²) in [6, 6.07) is -1.32. The van der Waals surface area contributed by atoms with Gasteiger partial charge >= 0.3 is 18.0 Å². The fourth-order valence-corrected chi connectivity index (χ4v) is 2.20. The Bertz CT molecular complexity index is 385. The quantitative estimate of drug-likeness (QED) is 0.592. The van der Waals surface area contributed by atoms with E-state index in [2.05, 4.69) is 0 Å². The third kappa shape index (κ3) is 2.82. The number of ketones is 1.